The predicted molar refractivity (Wildman–Crippen MR) is 194 cm³/mol. The molecule has 0 aliphatic carbocycles. The van der Waals surface area contributed by atoms with Crippen LogP contribution in [0.15, 0.2) is 109 Å². The molecule has 6 nitrogen and oxygen atoms in total. The monoisotopic (exact) mass is 632 g/mol. The summed E-state index contributed by atoms with van der Waals surface area (Å²) in [4.78, 5) is 42.5. The molecular formula is C42H40N4O2. The zero-order valence-corrected chi connectivity index (χ0v) is 28.0. The van der Waals surface area contributed by atoms with E-state index in [1.54, 1.807) is 0 Å². The third kappa shape index (κ3) is 5.83. The molecule has 2 amide bonds. The maximum Gasteiger partial charge on any atom is 0.254 e. The molecule has 0 unspecified atom stereocenters. The third-order valence-corrected chi connectivity index (χ3v) is 9.72. The van der Waals surface area contributed by atoms with Gasteiger partial charge in [0.2, 0.25) is 0 Å². The molecule has 1 saturated heterocycles. The number of carbonyl (C=O) groups excluding carboxylic acids is 2. The molecule has 2 aromatic heterocycles. The number of hydrogen-bond donors (Lipinski definition) is 0. The van der Waals surface area contributed by atoms with Crippen molar-refractivity contribution in [1.82, 2.24) is 19.8 Å². The Balaban J connectivity index is 1.19. The smallest absolute Gasteiger partial charge is 0.254 e. The molecule has 1 aliphatic heterocycles. The standard InChI is InChI=1S/C42H40N4O2/c1-5-29-15-19-31(20-16-29)39-23-35(33-11-7-9-13-37(33)43-39)41(47)45-25-28(4)46(26-27(45)3)42(48)36-24-40(32-21-17-30(6-2)18-22-32)44-38-14-10-8-12-34(36)38/h7-24,27-28H,5-6,25-26H2,1-4H3/t27-,28-/m1/s1. The molecule has 1 aliphatic rings. The summed E-state index contributed by atoms with van der Waals surface area (Å²) >= 11 is 0. The van der Waals surface area contributed by atoms with Crippen molar-refractivity contribution in [2.75, 3.05) is 13.1 Å². The number of para-hydroxylation sites is 2. The number of carbonyl (C=O) groups is 2. The van der Waals surface area contributed by atoms with Crippen molar-refractivity contribution in [2.45, 2.75) is 52.6 Å². The molecule has 0 saturated carbocycles. The number of piperazine rings is 1. The van der Waals surface area contributed by atoms with Gasteiger partial charge < -0.3 is 9.80 Å². The van der Waals surface area contributed by atoms with Crippen LogP contribution in [0.2, 0.25) is 0 Å². The van der Waals surface area contributed by atoms with Crippen molar-refractivity contribution in [3.05, 3.63) is 131 Å². The first-order valence-corrected chi connectivity index (χ1v) is 16.9. The topological polar surface area (TPSA) is 66.4 Å². The largest absolute Gasteiger partial charge is 0.332 e. The summed E-state index contributed by atoms with van der Waals surface area (Å²) in [5.41, 5.74) is 8.87. The fourth-order valence-electron chi connectivity index (χ4n) is 6.82. The first kappa shape index (κ1) is 31.3. The fourth-order valence-corrected chi connectivity index (χ4v) is 6.82. The SMILES string of the molecule is CCc1ccc(-c2cc(C(=O)N3C[C@@H](C)N(C(=O)c4cc(-c5ccc(CC)cc5)nc5ccccc45)C[C@H]3C)c3ccccc3n2)cc1. The van der Waals surface area contributed by atoms with E-state index in [0.29, 0.717) is 24.2 Å². The number of nitrogens with zero attached hydrogens (tertiary/aromatic N) is 4. The Bertz CT molecular complexity index is 1980. The van der Waals surface area contributed by atoms with Crippen LogP contribution >= 0.6 is 0 Å². The zero-order valence-electron chi connectivity index (χ0n) is 28.0. The third-order valence-electron chi connectivity index (χ3n) is 9.72. The van der Waals surface area contributed by atoms with Gasteiger partial charge in [-0.25, -0.2) is 9.97 Å². The fraction of sp³-hybridized carbons (Fsp3) is 0.238. The van der Waals surface area contributed by atoms with Gasteiger partial charge in [-0.05, 0) is 62.1 Å². The van der Waals surface area contributed by atoms with Crippen LogP contribution in [0.25, 0.3) is 44.3 Å². The van der Waals surface area contributed by atoms with Gasteiger partial charge in [-0.3, -0.25) is 9.59 Å². The second-order valence-electron chi connectivity index (χ2n) is 12.9. The van der Waals surface area contributed by atoms with Gasteiger partial charge in [-0.2, -0.15) is 0 Å². The van der Waals surface area contributed by atoms with Crippen LogP contribution in [0.5, 0.6) is 0 Å². The lowest BCUT2D eigenvalue weighted by molar-refractivity contribution is 0.0272. The van der Waals surface area contributed by atoms with E-state index < -0.39 is 0 Å². The molecule has 48 heavy (non-hydrogen) atoms. The van der Waals surface area contributed by atoms with Crippen molar-refractivity contribution in [3.63, 3.8) is 0 Å². The van der Waals surface area contributed by atoms with Gasteiger partial charge in [0.05, 0.1) is 33.5 Å². The second-order valence-corrected chi connectivity index (χ2v) is 12.9. The van der Waals surface area contributed by atoms with Crippen LogP contribution in [-0.2, 0) is 12.8 Å². The molecule has 0 N–H and O–H groups in total. The number of hydrogen-bond acceptors (Lipinski definition) is 4. The number of aromatic nitrogens is 2. The molecule has 6 heteroatoms. The molecule has 7 rings (SSSR count). The Morgan fingerprint density at radius 1 is 0.583 bits per heavy atom. The van der Waals surface area contributed by atoms with E-state index in [2.05, 4.69) is 62.4 Å². The van der Waals surface area contributed by atoms with Crippen LogP contribution in [0.1, 0.15) is 59.5 Å². The minimum Gasteiger partial charge on any atom is -0.332 e. The van der Waals surface area contributed by atoms with Gasteiger partial charge in [-0.15, -0.1) is 0 Å². The first-order valence-electron chi connectivity index (χ1n) is 16.9. The lowest BCUT2D eigenvalue weighted by Gasteiger charge is -2.44. The molecule has 2 atom stereocenters. The molecule has 240 valence electrons. The number of rotatable bonds is 6. The highest BCUT2D eigenvalue weighted by Crippen LogP contribution is 2.31. The number of aryl methyl sites for hydroxylation is 2. The van der Waals surface area contributed by atoms with Crippen LogP contribution in [0.3, 0.4) is 0 Å². The minimum atomic E-state index is -0.189. The second kappa shape index (κ2) is 13.0. The van der Waals surface area contributed by atoms with E-state index in [0.717, 1.165) is 57.2 Å². The van der Waals surface area contributed by atoms with Gasteiger partial charge in [0, 0.05) is 47.1 Å². The predicted octanol–water partition coefficient (Wildman–Crippen LogP) is 8.62. The van der Waals surface area contributed by atoms with Crippen LogP contribution in [0.4, 0.5) is 0 Å². The molecule has 0 spiro atoms. The van der Waals surface area contributed by atoms with Gasteiger partial charge in [0.25, 0.3) is 11.8 Å². The molecule has 1 fully saturated rings. The van der Waals surface area contributed by atoms with E-state index in [1.165, 1.54) is 11.1 Å². The van der Waals surface area contributed by atoms with E-state index in [-0.39, 0.29) is 23.9 Å². The molecule has 0 radical (unpaired) electrons. The van der Waals surface area contributed by atoms with E-state index >= 15 is 0 Å². The van der Waals surface area contributed by atoms with E-state index in [4.69, 9.17) is 9.97 Å². The number of fused-ring (bicyclic) bond motifs is 2. The summed E-state index contributed by atoms with van der Waals surface area (Å²) < 4.78 is 0. The highest BCUT2D eigenvalue weighted by atomic mass is 16.2. The highest BCUT2D eigenvalue weighted by Gasteiger charge is 2.36. The number of benzene rings is 4. The van der Waals surface area contributed by atoms with Gasteiger partial charge >= 0.3 is 0 Å². The lowest BCUT2D eigenvalue weighted by Crippen LogP contribution is -2.59. The van der Waals surface area contributed by atoms with Crippen LogP contribution in [-0.4, -0.2) is 56.8 Å². The van der Waals surface area contributed by atoms with Crippen molar-refractivity contribution >= 4 is 33.6 Å². The summed E-state index contributed by atoms with van der Waals surface area (Å²) in [7, 11) is 0. The molecular weight excluding hydrogens is 592 g/mol. The van der Waals surface area contributed by atoms with E-state index in [1.807, 2.05) is 84.3 Å². The Labute approximate surface area is 282 Å². The van der Waals surface area contributed by atoms with Gasteiger partial charge in [-0.1, -0.05) is 98.8 Å². The molecule has 6 aromatic rings. The van der Waals surface area contributed by atoms with Crippen LogP contribution in [0, 0.1) is 0 Å². The Kier molecular flexibility index (Phi) is 8.49. The maximum absolute atomic E-state index is 14.4. The Morgan fingerprint density at radius 2 is 0.958 bits per heavy atom. The Morgan fingerprint density at radius 3 is 1.33 bits per heavy atom. The first-order chi connectivity index (χ1) is 23.3. The molecule has 0 bridgehead atoms. The van der Waals surface area contributed by atoms with Crippen molar-refractivity contribution in [1.29, 1.82) is 0 Å². The summed E-state index contributed by atoms with van der Waals surface area (Å²) in [6.07, 6.45) is 1.93. The van der Waals surface area contributed by atoms with Gasteiger partial charge in [0.15, 0.2) is 0 Å². The normalized spacial score (nSPS) is 16.4. The van der Waals surface area contributed by atoms with Crippen LogP contribution < -0.4 is 0 Å². The molecule has 4 aromatic carbocycles. The number of pyridine rings is 2. The zero-order chi connectivity index (χ0) is 33.4. The van der Waals surface area contributed by atoms with Crippen molar-refractivity contribution < 1.29 is 9.59 Å². The summed E-state index contributed by atoms with van der Waals surface area (Å²) in [6.45, 7) is 9.19. The van der Waals surface area contributed by atoms with Gasteiger partial charge in [0.1, 0.15) is 0 Å². The quantitative estimate of drug-likeness (QED) is 0.184. The summed E-state index contributed by atoms with van der Waals surface area (Å²) in [5, 5.41) is 1.66. The van der Waals surface area contributed by atoms with Crippen molar-refractivity contribution in [2.24, 2.45) is 0 Å². The minimum absolute atomic E-state index is 0.0429. The number of amides is 2. The maximum atomic E-state index is 14.4. The summed E-state index contributed by atoms with van der Waals surface area (Å²) in [5.74, 6) is -0.0858. The Hall–Kier alpha value is -5.36. The highest BCUT2D eigenvalue weighted by molar-refractivity contribution is 6.09. The summed E-state index contributed by atoms with van der Waals surface area (Å²) in [6, 6.07) is 35.9. The lowest BCUT2D eigenvalue weighted by atomic mass is 9.99. The molecule has 3 heterocycles. The van der Waals surface area contributed by atoms with E-state index in [9.17, 15) is 9.59 Å². The van der Waals surface area contributed by atoms with Crippen molar-refractivity contribution in [3.8, 4) is 22.5 Å². The average molecular weight is 633 g/mol. The average Bonchev–Trinajstić information content (AvgIpc) is 3.14.